The molecular formula is C16H15ClN2OS. The van der Waals surface area contributed by atoms with Gasteiger partial charge in [0.25, 0.3) is 0 Å². The molecule has 2 heterocycles. The Morgan fingerprint density at radius 1 is 1.19 bits per heavy atom. The lowest BCUT2D eigenvalue weighted by molar-refractivity contribution is 0.481. The van der Waals surface area contributed by atoms with Crippen LogP contribution in [0.15, 0.2) is 47.4 Å². The van der Waals surface area contributed by atoms with Crippen LogP contribution >= 0.6 is 23.5 Å². The monoisotopic (exact) mass is 318 g/mol. The Kier molecular flexibility index (Phi) is 3.45. The lowest BCUT2D eigenvalue weighted by Gasteiger charge is -2.33. The van der Waals surface area contributed by atoms with E-state index >= 15 is 0 Å². The Morgan fingerprint density at radius 3 is 3.00 bits per heavy atom. The van der Waals surface area contributed by atoms with Crippen molar-refractivity contribution < 1.29 is 4.74 Å². The molecule has 3 nitrogen and oxygen atoms in total. The van der Waals surface area contributed by atoms with Gasteiger partial charge >= 0.3 is 0 Å². The van der Waals surface area contributed by atoms with Gasteiger partial charge in [0, 0.05) is 16.5 Å². The van der Waals surface area contributed by atoms with E-state index in [1.54, 1.807) is 11.9 Å². The summed E-state index contributed by atoms with van der Waals surface area (Å²) in [6.07, 6.45) is 2.94. The Hall–Kier alpha value is -1.36. The summed E-state index contributed by atoms with van der Waals surface area (Å²) < 4.78 is 9.40. The van der Waals surface area contributed by atoms with E-state index < -0.39 is 0 Å². The zero-order valence-electron chi connectivity index (χ0n) is 11.4. The van der Waals surface area contributed by atoms with Crippen molar-refractivity contribution in [2.24, 2.45) is 0 Å². The fourth-order valence-electron chi connectivity index (χ4n) is 2.85. The Bertz CT molecular complexity index is 679. The van der Waals surface area contributed by atoms with E-state index in [0.29, 0.717) is 11.2 Å². The second-order valence-electron chi connectivity index (χ2n) is 5.26. The third kappa shape index (κ3) is 2.59. The number of ether oxygens (including phenoxy) is 1. The summed E-state index contributed by atoms with van der Waals surface area (Å²) >= 11 is 7.68. The molecule has 0 spiro atoms. The highest BCUT2D eigenvalue weighted by molar-refractivity contribution is 7.97. The average Bonchev–Trinajstić information content (AvgIpc) is 2.96. The summed E-state index contributed by atoms with van der Waals surface area (Å²) in [6.45, 7) is 1.12. The molecule has 2 aliphatic heterocycles. The van der Waals surface area contributed by atoms with E-state index in [0.717, 1.165) is 18.0 Å². The molecule has 0 amide bonds. The first kappa shape index (κ1) is 13.3. The lowest BCUT2D eigenvalue weighted by atomic mass is 10.2. The number of anilines is 1. The van der Waals surface area contributed by atoms with E-state index in [9.17, 15) is 0 Å². The molecule has 0 saturated carbocycles. The summed E-state index contributed by atoms with van der Waals surface area (Å²) in [4.78, 5) is 3.65. The van der Waals surface area contributed by atoms with Gasteiger partial charge in [0.05, 0.1) is 11.9 Å². The first-order valence-corrected chi connectivity index (χ1v) is 8.25. The van der Waals surface area contributed by atoms with Crippen LogP contribution in [-0.2, 0) is 0 Å². The van der Waals surface area contributed by atoms with Gasteiger partial charge in [0.15, 0.2) is 0 Å². The van der Waals surface area contributed by atoms with Crippen molar-refractivity contribution in [2.45, 2.75) is 23.9 Å². The van der Waals surface area contributed by atoms with E-state index in [2.05, 4.69) is 21.8 Å². The van der Waals surface area contributed by atoms with Crippen LogP contribution in [0.3, 0.4) is 0 Å². The number of hydrogen-bond acceptors (Lipinski definition) is 4. The van der Waals surface area contributed by atoms with E-state index in [1.165, 1.54) is 23.4 Å². The molecular weight excluding hydrogens is 304 g/mol. The largest absolute Gasteiger partial charge is 0.457 e. The lowest BCUT2D eigenvalue weighted by Crippen LogP contribution is -2.41. The maximum atomic E-state index is 5.99. The van der Waals surface area contributed by atoms with Crippen molar-refractivity contribution in [2.75, 3.05) is 11.4 Å². The number of nitrogens with one attached hydrogen (secondary N) is 1. The van der Waals surface area contributed by atoms with Crippen molar-refractivity contribution in [1.29, 1.82) is 0 Å². The van der Waals surface area contributed by atoms with Crippen LogP contribution < -0.4 is 14.4 Å². The Balaban J connectivity index is 1.61. The number of benzene rings is 2. The van der Waals surface area contributed by atoms with Crippen molar-refractivity contribution >= 4 is 29.2 Å². The van der Waals surface area contributed by atoms with Crippen molar-refractivity contribution in [3.8, 4) is 11.5 Å². The van der Waals surface area contributed by atoms with Crippen LogP contribution in [0.5, 0.6) is 11.5 Å². The summed E-state index contributed by atoms with van der Waals surface area (Å²) in [7, 11) is 0. The van der Waals surface area contributed by atoms with E-state index in [1.807, 2.05) is 30.3 Å². The van der Waals surface area contributed by atoms with Crippen molar-refractivity contribution in [3.63, 3.8) is 0 Å². The molecule has 1 unspecified atom stereocenters. The van der Waals surface area contributed by atoms with Crippen molar-refractivity contribution in [3.05, 3.63) is 47.5 Å². The first-order valence-electron chi connectivity index (χ1n) is 7.06. The Labute approximate surface area is 133 Å². The molecule has 1 fully saturated rings. The van der Waals surface area contributed by atoms with Crippen LogP contribution in [0.2, 0.25) is 5.02 Å². The first-order chi connectivity index (χ1) is 10.3. The third-order valence-electron chi connectivity index (χ3n) is 3.83. The quantitative estimate of drug-likeness (QED) is 0.813. The van der Waals surface area contributed by atoms with Gasteiger partial charge in [-0.15, -0.1) is 0 Å². The molecule has 0 aliphatic carbocycles. The van der Waals surface area contributed by atoms with Gasteiger partial charge in [-0.05, 0) is 61.2 Å². The molecule has 4 rings (SSSR count). The van der Waals surface area contributed by atoms with Gasteiger partial charge in [0.1, 0.15) is 11.5 Å². The van der Waals surface area contributed by atoms with Gasteiger partial charge < -0.3 is 9.64 Å². The highest BCUT2D eigenvalue weighted by atomic mass is 35.5. The van der Waals surface area contributed by atoms with E-state index in [-0.39, 0.29) is 0 Å². The molecule has 2 aromatic carbocycles. The van der Waals surface area contributed by atoms with Crippen LogP contribution in [0.1, 0.15) is 12.8 Å². The van der Waals surface area contributed by atoms with Gasteiger partial charge in [-0.3, -0.25) is 0 Å². The van der Waals surface area contributed by atoms with Gasteiger partial charge in [-0.1, -0.05) is 17.7 Å². The zero-order valence-corrected chi connectivity index (χ0v) is 13.0. The minimum atomic E-state index is 0.474. The molecule has 0 bridgehead atoms. The van der Waals surface area contributed by atoms with Crippen molar-refractivity contribution in [1.82, 2.24) is 4.72 Å². The van der Waals surface area contributed by atoms with Gasteiger partial charge in [0.2, 0.25) is 0 Å². The molecule has 0 aromatic heterocycles. The summed E-state index contributed by atoms with van der Waals surface area (Å²) in [5.74, 6) is 1.60. The smallest absolute Gasteiger partial charge is 0.128 e. The maximum absolute atomic E-state index is 5.99. The number of nitrogens with zero attached hydrogens (tertiary/aromatic N) is 1. The SMILES string of the molecule is Clc1cccc(Oc2ccc3c(c2)SNC2CCCN32)c1. The summed E-state index contributed by atoms with van der Waals surface area (Å²) in [6, 6.07) is 13.7. The number of fused-ring (bicyclic) bond motifs is 3. The molecule has 1 atom stereocenters. The van der Waals surface area contributed by atoms with Crippen LogP contribution in [-0.4, -0.2) is 12.7 Å². The topological polar surface area (TPSA) is 24.5 Å². The van der Waals surface area contributed by atoms with Crippen LogP contribution in [0.4, 0.5) is 5.69 Å². The standard InChI is InChI=1S/C16H15ClN2OS/c17-11-3-1-4-12(9-11)20-13-6-7-14-15(10-13)21-18-16-5-2-8-19(14)16/h1,3-4,6-7,9-10,16,18H,2,5,8H2. The molecule has 2 aliphatic rings. The van der Waals surface area contributed by atoms with Gasteiger partial charge in [-0.2, -0.15) is 0 Å². The summed E-state index contributed by atoms with van der Waals surface area (Å²) in [5, 5.41) is 0.682. The number of halogens is 1. The molecule has 21 heavy (non-hydrogen) atoms. The average molecular weight is 319 g/mol. The fraction of sp³-hybridized carbons (Fsp3) is 0.250. The van der Waals surface area contributed by atoms with Crippen LogP contribution in [0.25, 0.3) is 0 Å². The highest BCUT2D eigenvalue weighted by Gasteiger charge is 2.30. The fourth-order valence-corrected chi connectivity index (χ4v) is 4.01. The molecule has 5 heteroatoms. The molecule has 1 N–H and O–H groups in total. The van der Waals surface area contributed by atoms with E-state index in [4.69, 9.17) is 16.3 Å². The second kappa shape index (κ2) is 5.44. The molecule has 1 saturated heterocycles. The summed E-state index contributed by atoms with van der Waals surface area (Å²) in [5.41, 5.74) is 1.31. The highest BCUT2D eigenvalue weighted by Crippen LogP contribution is 2.40. The third-order valence-corrected chi connectivity index (χ3v) is 5.00. The normalized spacial score (nSPS) is 20.0. The molecule has 108 valence electrons. The maximum Gasteiger partial charge on any atom is 0.128 e. The minimum absolute atomic E-state index is 0.474. The minimum Gasteiger partial charge on any atom is -0.457 e. The van der Waals surface area contributed by atoms with Gasteiger partial charge in [-0.25, -0.2) is 4.72 Å². The molecule has 0 radical (unpaired) electrons. The molecule has 2 aromatic rings. The number of rotatable bonds is 2. The van der Waals surface area contributed by atoms with Crippen LogP contribution in [0, 0.1) is 0 Å². The predicted octanol–water partition coefficient (Wildman–Crippen LogP) is 4.67. The predicted molar refractivity (Wildman–Crippen MR) is 87.3 cm³/mol. The zero-order chi connectivity index (χ0) is 14.2. The number of hydrogen-bond donors (Lipinski definition) is 1. The second-order valence-corrected chi connectivity index (χ2v) is 6.58. The Morgan fingerprint density at radius 2 is 2.10 bits per heavy atom.